The maximum absolute atomic E-state index is 13.4. The Kier molecular flexibility index (Phi) is 5.46. The van der Waals surface area contributed by atoms with Gasteiger partial charge in [0.05, 0.1) is 0 Å². The minimum Gasteiger partial charge on any atom is -0.490 e. The van der Waals surface area contributed by atoms with Crippen LogP contribution in [0.25, 0.3) is 0 Å². The lowest BCUT2D eigenvalue weighted by Gasteiger charge is -2.08. The molecule has 0 aliphatic rings. The van der Waals surface area contributed by atoms with Gasteiger partial charge >= 0.3 is 0 Å². The zero-order chi connectivity index (χ0) is 15.1. The van der Waals surface area contributed by atoms with Crippen molar-refractivity contribution in [3.63, 3.8) is 0 Å². The van der Waals surface area contributed by atoms with Crippen LogP contribution in [-0.2, 0) is 13.1 Å². The van der Waals surface area contributed by atoms with E-state index >= 15 is 0 Å². The maximum atomic E-state index is 13.4. The van der Waals surface area contributed by atoms with Gasteiger partial charge in [0.15, 0.2) is 0 Å². The molecule has 4 heteroatoms. The summed E-state index contributed by atoms with van der Waals surface area (Å²) in [6.07, 6.45) is 1.69. The SMILES string of the molecule is C=CCOc1ccc(CNCc2ccc(F)cc2F)cc1. The fraction of sp³-hybridized carbons (Fsp3) is 0.176. The van der Waals surface area contributed by atoms with Gasteiger partial charge in [0.1, 0.15) is 24.0 Å². The smallest absolute Gasteiger partial charge is 0.130 e. The van der Waals surface area contributed by atoms with Crippen LogP contribution in [0.4, 0.5) is 8.78 Å². The summed E-state index contributed by atoms with van der Waals surface area (Å²) in [6, 6.07) is 11.2. The van der Waals surface area contributed by atoms with Gasteiger partial charge in [-0.05, 0) is 23.8 Å². The van der Waals surface area contributed by atoms with E-state index < -0.39 is 11.6 Å². The lowest BCUT2D eigenvalue weighted by molar-refractivity contribution is 0.363. The summed E-state index contributed by atoms with van der Waals surface area (Å²) in [4.78, 5) is 0. The van der Waals surface area contributed by atoms with E-state index in [0.29, 0.717) is 25.3 Å². The van der Waals surface area contributed by atoms with E-state index in [0.717, 1.165) is 17.4 Å². The molecule has 1 N–H and O–H groups in total. The second-order valence-corrected chi connectivity index (χ2v) is 4.58. The molecular weight excluding hydrogens is 272 g/mol. The summed E-state index contributed by atoms with van der Waals surface area (Å²) < 4.78 is 31.6. The minimum atomic E-state index is -0.564. The van der Waals surface area contributed by atoms with E-state index in [-0.39, 0.29) is 0 Å². The topological polar surface area (TPSA) is 21.3 Å². The standard InChI is InChI=1S/C17H17F2NO/c1-2-9-21-16-7-3-13(4-8-16)11-20-12-14-5-6-15(18)10-17(14)19/h2-8,10,20H,1,9,11-12H2. The third-order valence-electron chi connectivity index (χ3n) is 2.95. The molecule has 2 aromatic rings. The van der Waals surface area contributed by atoms with E-state index in [1.165, 1.54) is 12.1 Å². The molecule has 0 bridgehead atoms. The number of hydrogen-bond acceptors (Lipinski definition) is 2. The molecule has 0 saturated carbocycles. The molecule has 0 atom stereocenters. The molecule has 2 aromatic carbocycles. The number of nitrogens with one attached hydrogen (secondary N) is 1. The van der Waals surface area contributed by atoms with Crippen molar-refractivity contribution < 1.29 is 13.5 Å². The quantitative estimate of drug-likeness (QED) is 0.782. The van der Waals surface area contributed by atoms with Crippen LogP contribution in [0.1, 0.15) is 11.1 Å². The van der Waals surface area contributed by atoms with E-state index in [9.17, 15) is 8.78 Å². The van der Waals surface area contributed by atoms with Crippen molar-refractivity contribution in [1.82, 2.24) is 5.32 Å². The number of ether oxygens (including phenoxy) is 1. The van der Waals surface area contributed by atoms with Crippen molar-refractivity contribution in [3.8, 4) is 5.75 Å². The van der Waals surface area contributed by atoms with Gasteiger partial charge in [-0.2, -0.15) is 0 Å². The van der Waals surface area contributed by atoms with Crippen LogP contribution < -0.4 is 10.1 Å². The van der Waals surface area contributed by atoms with E-state index in [1.807, 2.05) is 24.3 Å². The van der Waals surface area contributed by atoms with Crippen molar-refractivity contribution in [2.75, 3.05) is 6.61 Å². The van der Waals surface area contributed by atoms with Crippen LogP contribution in [0.15, 0.2) is 55.1 Å². The summed E-state index contributed by atoms with van der Waals surface area (Å²) in [6.45, 7) is 5.00. The average molecular weight is 289 g/mol. The molecule has 0 saturated heterocycles. The van der Waals surface area contributed by atoms with Crippen LogP contribution in [0.2, 0.25) is 0 Å². The number of benzene rings is 2. The molecular formula is C17H17F2NO. The first-order chi connectivity index (χ1) is 10.2. The Balaban J connectivity index is 1.84. The van der Waals surface area contributed by atoms with Crippen molar-refractivity contribution in [2.24, 2.45) is 0 Å². The first-order valence-electron chi connectivity index (χ1n) is 6.66. The number of hydrogen-bond donors (Lipinski definition) is 1. The number of halogens is 2. The summed E-state index contributed by atoms with van der Waals surface area (Å²) in [5, 5.41) is 3.12. The predicted octanol–water partition coefficient (Wildman–Crippen LogP) is 3.82. The molecule has 0 unspecified atom stereocenters. The Bertz CT molecular complexity index is 596. The normalized spacial score (nSPS) is 10.4. The highest BCUT2D eigenvalue weighted by atomic mass is 19.1. The molecule has 0 aromatic heterocycles. The molecule has 0 heterocycles. The highest BCUT2D eigenvalue weighted by molar-refractivity contribution is 5.27. The van der Waals surface area contributed by atoms with E-state index in [2.05, 4.69) is 11.9 Å². The lowest BCUT2D eigenvalue weighted by Crippen LogP contribution is -2.13. The monoisotopic (exact) mass is 289 g/mol. The molecule has 21 heavy (non-hydrogen) atoms. The van der Waals surface area contributed by atoms with Gasteiger partial charge in [-0.25, -0.2) is 8.78 Å². The molecule has 0 radical (unpaired) electrons. The van der Waals surface area contributed by atoms with Crippen molar-refractivity contribution in [2.45, 2.75) is 13.1 Å². The van der Waals surface area contributed by atoms with Gasteiger partial charge in [-0.3, -0.25) is 0 Å². The summed E-state index contributed by atoms with van der Waals surface area (Å²) in [5.74, 6) is -0.315. The van der Waals surface area contributed by atoms with Crippen LogP contribution in [0, 0.1) is 11.6 Å². The molecule has 2 rings (SSSR count). The highest BCUT2D eigenvalue weighted by Gasteiger charge is 2.03. The van der Waals surface area contributed by atoms with Crippen molar-refractivity contribution >= 4 is 0 Å². The predicted molar refractivity (Wildman–Crippen MR) is 79.0 cm³/mol. The summed E-state index contributed by atoms with van der Waals surface area (Å²) >= 11 is 0. The Hall–Kier alpha value is -2.20. The molecule has 110 valence electrons. The first-order valence-corrected chi connectivity index (χ1v) is 6.66. The van der Waals surface area contributed by atoms with E-state index in [1.54, 1.807) is 6.08 Å². The fourth-order valence-corrected chi connectivity index (χ4v) is 1.87. The largest absolute Gasteiger partial charge is 0.490 e. The first kappa shape index (κ1) is 15.2. The Labute approximate surface area is 123 Å². The zero-order valence-corrected chi connectivity index (χ0v) is 11.6. The fourth-order valence-electron chi connectivity index (χ4n) is 1.87. The Morgan fingerprint density at radius 1 is 1.05 bits per heavy atom. The molecule has 0 spiro atoms. The van der Waals surface area contributed by atoms with Gasteiger partial charge in [0, 0.05) is 24.7 Å². The van der Waals surface area contributed by atoms with Crippen LogP contribution in [-0.4, -0.2) is 6.61 Å². The molecule has 2 nitrogen and oxygen atoms in total. The molecule has 0 aliphatic carbocycles. The summed E-state index contributed by atoms with van der Waals surface area (Å²) in [5.41, 5.74) is 1.51. The number of rotatable bonds is 7. The molecule has 0 fully saturated rings. The van der Waals surface area contributed by atoms with Crippen LogP contribution in [0.3, 0.4) is 0 Å². The lowest BCUT2D eigenvalue weighted by atomic mass is 10.2. The van der Waals surface area contributed by atoms with Crippen LogP contribution in [0.5, 0.6) is 5.75 Å². The van der Waals surface area contributed by atoms with Gasteiger partial charge in [-0.1, -0.05) is 30.9 Å². The van der Waals surface area contributed by atoms with Gasteiger partial charge in [0.2, 0.25) is 0 Å². The van der Waals surface area contributed by atoms with Crippen LogP contribution >= 0.6 is 0 Å². The van der Waals surface area contributed by atoms with Crippen molar-refractivity contribution in [1.29, 1.82) is 0 Å². The Morgan fingerprint density at radius 2 is 1.81 bits per heavy atom. The van der Waals surface area contributed by atoms with E-state index in [4.69, 9.17) is 4.74 Å². The molecule has 0 aliphatic heterocycles. The zero-order valence-electron chi connectivity index (χ0n) is 11.6. The van der Waals surface area contributed by atoms with Gasteiger partial charge in [-0.15, -0.1) is 0 Å². The average Bonchev–Trinajstić information content (AvgIpc) is 2.48. The highest BCUT2D eigenvalue weighted by Crippen LogP contribution is 2.13. The third-order valence-corrected chi connectivity index (χ3v) is 2.95. The van der Waals surface area contributed by atoms with Gasteiger partial charge in [0.25, 0.3) is 0 Å². The minimum absolute atomic E-state index is 0.348. The van der Waals surface area contributed by atoms with Gasteiger partial charge < -0.3 is 10.1 Å². The third kappa shape index (κ3) is 4.68. The Morgan fingerprint density at radius 3 is 2.48 bits per heavy atom. The van der Waals surface area contributed by atoms with Crippen molar-refractivity contribution in [3.05, 3.63) is 77.9 Å². The second kappa shape index (κ2) is 7.55. The second-order valence-electron chi connectivity index (χ2n) is 4.58. The summed E-state index contributed by atoms with van der Waals surface area (Å²) in [7, 11) is 0. The molecule has 0 amide bonds. The maximum Gasteiger partial charge on any atom is 0.130 e.